The Morgan fingerprint density at radius 1 is 1.33 bits per heavy atom. The zero-order valence-electron chi connectivity index (χ0n) is 10.9. The van der Waals surface area contributed by atoms with Crippen LogP contribution in [0.5, 0.6) is 0 Å². The molecule has 0 radical (unpaired) electrons. The summed E-state index contributed by atoms with van der Waals surface area (Å²) in [6, 6.07) is 1.11. The number of carbonyl (C=O) groups is 1. The van der Waals surface area contributed by atoms with Crippen molar-refractivity contribution in [2.75, 3.05) is 32.8 Å². The number of nitrogens with one attached hydrogen (secondary N) is 2. The Balaban J connectivity index is 1.32. The van der Waals surface area contributed by atoms with E-state index in [1.54, 1.807) is 0 Å². The standard InChI is InChI=1S/C13H23N3O2/c17-13(15-10-3-4-10)7-14-6-12-8-16-5-1-2-11(16)9-18-12/h10-12,14H,1-9H2,(H,15,17). The van der Waals surface area contributed by atoms with Crippen LogP contribution in [0.15, 0.2) is 0 Å². The Labute approximate surface area is 108 Å². The molecule has 5 heteroatoms. The molecule has 0 aromatic rings. The van der Waals surface area contributed by atoms with Gasteiger partial charge in [-0.2, -0.15) is 0 Å². The molecule has 0 spiro atoms. The normalized spacial score (nSPS) is 32.2. The smallest absolute Gasteiger partial charge is 0.234 e. The van der Waals surface area contributed by atoms with Gasteiger partial charge in [0.05, 0.1) is 19.3 Å². The van der Waals surface area contributed by atoms with Crippen molar-refractivity contribution in [3.63, 3.8) is 0 Å². The molecule has 2 aliphatic heterocycles. The summed E-state index contributed by atoms with van der Waals surface area (Å²) in [6.07, 6.45) is 5.12. The molecule has 0 bridgehead atoms. The van der Waals surface area contributed by atoms with Crippen molar-refractivity contribution in [3.8, 4) is 0 Å². The topological polar surface area (TPSA) is 53.6 Å². The van der Waals surface area contributed by atoms with Crippen molar-refractivity contribution in [1.82, 2.24) is 15.5 Å². The fourth-order valence-corrected chi connectivity index (χ4v) is 2.86. The molecule has 0 aromatic heterocycles. The molecule has 2 saturated heterocycles. The van der Waals surface area contributed by atoms with Gasteiger partial charge in [0.25, 0.3) is 0 Å². The van der Waals surface area contributed by atoms with Crippen LogP contribution in [0.25, 0.3) is 0 Å². The zero-order valence-corrected chi connectivity index (χ0v) is 10.9. The lowest BCUT2D eigenvalue weighted by Gasteiger charge is -2.35. The molecule has 2 N–H and O–H groups in total. The summed E-state index contributed by atoms with van der Waals surface area (Å²) in [5.74, 6) is 0.118. The Kier molecular flexibility index (Phi) is 3.82. The van der Waals surface area contributed by atoms with E-state index in [0.717, 1.165) is 32.5 Å². The maximum atomic E-state index is 11.5. The lowest BCUT2D eigenvalue weighted by atomic mass is 10.2. The second-order valence-electron chi connectivity index (χ2n) is 5.72. The van der Waals surface area contributed by atoms with E-state index in [1.807, 2.05) is 0 Å². The molecule has 1 amide bonds. The minimum absolute atomic E-state index is 0.118. The van der Waals surface area contributed by atoms with E-state index in [0.29, 0.717) is 18.6 Å². The Morgan fingerprint density at radius 3 is 3.06 bits per heavy atom. The molecule has 0 aromatic carbocycles. The van der Waals surface area contributed by atoms with Gasteiger partial charge in [-0.05, 0) is 32.2 Å². The third-order valence-corrected chi connectivity index (χ3v) is 4.06. The van der Waals surface area contributed by atoms with Gasteiger partial charge in [0, 0.05) is 25.2 Å². The summed E-state index contributed by atoms with van der Waals surface area (Å²) in [4.78, 5) is 14.0. The molecule has 2 unspecified atom stereocenters. The largest absolute Gasteiger partial charge is 0.374 e. The second-order valence-corrected chi connectivity index (χ2v) is 5.72. The highest BCUT2D eigenvalue weighted by Gasteiger charge is 2.32. The molecule has 5 nitrogen and oxygen atoms in total. The van der Waals surface area contributed by atoms with Gasteiger partial charge >= 0.3 is 0 Å². The minimum atomic E-state index is 0.118. The number of hydrogen-bond donors (Lipinski definition) is 2. The molecule has 3 aliphatic rings. The van der Waals surface area contributed by atoms with Crippen LogP contribution >= 0.6 is 0 Å². The van der Waals surface area contributed by atoms with Crippen molar-refractivity contribution in [1.29, 1.82) is 0 Å². The van der Waals surface area contributed by atoms with Crippen LogP contribution in [0.1, 0.15) is 25.7 Å². The average molecular weight is 253 g/mol. The fourth-order valence-electron chi connectivity index (χ4n) is 2.86. The molecule has 1 saturated carbocycles. The molecule has 3 rings (SSSR count). The summed E-state index contributed by atoms with van der Waals surface area (Å²) in [5.41, 5.74) is 0. The summed E-state index contributed by atoms with van der Waals surface area (Å²) in [6.45, 7) is 4.29. The van der Waals surface area contributed by atoms with Crippen molar-refractivity contribution in [2.45, 2.75) is 43.9 Å². The summed E-state index contributed by atoms with van der Waals surface area (Å²) in [5, 5.41) is 6.18. The van der Waals surface area contributed by atoms with E-state index in [-0.39, 0.29) is 12.0 Å². The average Bonchev–Trinajstić information content (AvgIpc) is 3.05. The summed E-state index contributed by atoms with van der Waals surface area (Å²) < 4.78 is 5.83. The van der Waals surface area contributed by atoms with Gasteiger partial charge in [0.15, 0.2) is 0 Å². The minimum Gasteiger partial charge on any atom is -0.374 e. The van der Waals surface area contributed by atoms with E-state index in [1.165, 1.54) is 19.4 Å². The van der Waals surface area contributed by atoms with Gasteiger partial charge in [0.1, 0.15) is 0 Å². The van der Waals surface area contributed by atoms with E-state index in [4.69, 9.17) is 4.74 Å². The van der Waals surface area contributed by atoms with Gasteiger partial charge in [-0.1, -0.05) is 0 Å². The number of rotatable bonds is 5. The SMILES string of the molecule is O=C(CNCC1CN2CCCC2CO1)NC1CC1. The third kappa shape index (κ3) is 3.22. The Hall–Kier alpha value is -0.650. The highest BCUT2D eigenvalue weighted by molar-refractivity contribution is 5.78. The molecule has 1 aliphatic carbocycles. The van der Waals surface area contributed by atoms with Crippen LogP contribution in [0.4, 0.5) is 0 Å². The maximum absolute atomic E-state index is 11.5. The lowest BCUT2D eigenvalue weighted by Crippen LogP contribution is -2.50. The number of ether oxygens (including phenoxy) is 1. The summed E-state index contributed by atoms with van der Waals surface area (Å²) >= 11 is 0. The first-order valence-electron chi connectivity index (χ1n) is 7.17. The van der Waals surface area contributed by atoms with E-state index < -0.39 is 0 Å². The van der Waals surface area contributed by atoms with Crippen LogP contribution in [0, 0.1) is 0 Å². The molecule has 18 heavy (non-hydrogen) atoms. The van der Waals surface area contributed by atoms with Crippen molar-refractivity contribution in [3.05, 3.63) is 0 Å². The monoisotopic (exact) mass is 253 g/mol. The zero-order chi connectivity index (χ0) is 12.4. The number of morpholine rings is 1. The van der Waals surface area contributed by atoms with Gasteiger partial charge in [-0.15, -0.1) is 0 Å². The molecule has 2 atom stereocenters. The first-order valence-corrected chi connectivity index (χ1v) is 7.17. The first-order chi connectivity index (χ1) is 8.81. The van der Waals surface area contributed by atoms with Crippen LogP contribution in [0.2, 0.25) is 0 Å². The number of amides is 1. The second kappa shape index (κ2) is 5.55. The van der Waals surface area contributed by atoms with Gasteiger partial charge < -0.3 is 15.4 Å². The van der Waals surface area contributed by atoms with Crippen LogP contribution in [-0.4, -0.2) is 61.8 Å². The van der Waals surface area contributed by atoms with Crippen molar-refractivity contribution < 1.29 is 9.53 Å². The van der Waals surface area contributed by atoms with Gasteiger partial charge in [0.2, 0.25) is 5.91 Å². The van der Waals surface area contributed by atoms with E-state index in [9.17, 15) is 4.79 Å². The van der Waals surface area contributed by atoms with Crippen molar-refractivity contribution in [2.24, 2.45) is 0 Å². The van der Waals surface area contributed by atoms with E-state index >= 15 is 0 Å². The quantitative estimate of drug-likeness (QED) is 0.707. The molecule has 3 fully saturated rings. The predicted molar refractivity (Wildman–Crippen MR) is 68.4 cm³/mol. The van der Waals surface area contributed by atoms with Crippen molar-refractivity contribution >= 4 is 5.91 Å². The van der Waals surface area contributed by atoms with Gasteiger partial charge in [-0.3, -0.25) is 9.69 Å². The van der Waals surface area contributed by atoms with Crippen LogP contribution in [-0.2, 0) is 9.53 Å². The highest BCUT2D eigenvalue weighted by atomic mass is 16.5. The molecular formula is C13H23N3O2. The predicted octanol–water partition coefficient (Wildman–Crippen LogP) is -0.282. The molecular weight excluding hydrogens is 230 g/mol. The number of nitrogens with zero attached hydrogens (tertiary/aromatic N) is 1. The number of hydrogen-bond acceptors (Lipinski definition) is 4. The number of carbonyl (C=O) groups excluding carboxylic acids is 1. The number of fused-ring (bicyclic) bond motifs is 1. The Morgan fingerprint density at radius 2 is 2.22 bits per heavy atom. The van der Waals surface area contributed by atoms with E-state index in [2.05, 4.69) is 15.5 Å². The molecule has 2 heterocycles. The fraction of sp³-hybridized carbons (Fsp3) is 0.923. The van der Waals surface area contributed by atoms with Gasteiger partial charge in [-0.25, -0.2) is 0 Å². The Bertz CT molecular complexity index is 307. The van der Waals surface area contributed by atoms with Crippen LogP contribution < -0.4 is 10.6 Å². The first kappa shape index (κ1) is 12.4. The maximum Gasteiger partial charge on any atom is 0.234 e. The third-order valence-electron chi connectivity index (χ3n) is 4.06. The lowest BCUT2D eigenvalue weighted by molar-refractivity contribution is -0.120. The highest BCUT2D eigenvalue weighted by Crippen LogP contribution is 2.22. The summed E-state index contributed by atoms with van der Waals surface area (Å²) in [7, 11) is 0. The van der Waals surface area contributed by atoms with Crippen LogP contribution in [0.3, 0.4) is 0 Å². The molecule has 102 valence electrons.